The smallest absolute Gasteiger partial charge is 0.385 e. The van der Waals surface area contributed by atoms with Crippen molar-refractivity contribution < 1.29 is 17.9 Å². The van der Waals surface area contributed by atoms with E-state index in [-0.39, 0.29) is 12.3 Å². The van der Waals surface area contributed by atoms with Gasteiger partial charge < -0.3 is 10.5 Å². The second kappa shape index (κ2) is 4.45. The molecule has 0 rings (SSSR count). The van der Waals surface area contributed by atoms with Gasteiger partial charge in [-0.2, -0.15) is 13.2 Å². The van der Waals surface area contributed by atoms with Gasteiger partial charge in [-0.1, -0.05) is 6.92 Å². The molecule has 0 spiro atoms. The van der Waals surface area contributed by atoms with Crippen molar-refractivity contribution in [3.63, 3.8) is 0 Å². The molecule has 3 N–H and O–H groups in total. The summed E-state index contributed by atoms with van der Waals surface area (Å²) in [7, 11) is 0. The van der Waals surface area contributed by atoms with Crippen LogP contribution in [-0.2, 0) is 4.74 Å². The molecule has 0 aromatic rings. The SMILES string of the molecule is CCC(OC(C)C(F)(F)F)C(=N)N. The van der Waals surface area contributed by atoms with Crippen LogP contribution >= 0.6 is 0 Å². The van der Waals surface area contributed by atoms with Gasteiger partial charge in [-0.3, -0.25) is 5.41 Å². The minimum Gasteiger partial charge on any atom is -0.385 e. The number of halogens is 3. The molecule has 13 heavy (non-hydrogen) atoms. The molecule has 0 aromatic carbocycles. The maximum absolute atomic E-state index is 12.0. The number of ether oxygens (including phenoxy) is 1. The number of hydrogen-bond donors (Lipinski definition) is 2. The number of alkyl halides is 3. The predicted molar refractivity (Wildman–Crippen MR) is 42.6 cm³/mol. The Morgan fingerprint density at radius 2 is 2.00 bits per heavy atom. The van der Waals surface area contributed by atoms with Gasteiger partial charge in [0.1, 0.15) is 11.9 Å². The Labute approximate surface area is 74.6 Å². The van der Waals surface area contributed by atoms with E-state index in [4.69, 9.17) is 11.1 Å². The third-order valence-electron chi connectivity index (χ3n) is 1.55. The zero-order valence-corrected chi connectivity index (χ0v) is 7.48. The van der Waals surface area contributed by atoms with Gasteiger partial charge in [0, 0.05) is 0 Å². The predicted octanol–water partition coefficient (Wildman–Crippen LogP) is 1.67. The van der Waals surface area contributed by atoms with E-state index >= 15 is 0 Å². The summed E-state index contributed by atoms with van der Waals surface area (Å²) in [6.07, 6.45) is -6.98. The zero-order chi connectivity index (χ0) is 10.6. The van der Waals surface area contributed by atoms with Gasteiger partial charge in [0.25, 0.3) is 0 Å². The van der Waals surface area contributed by atoms with E-state index in [2.05, 4.69) is 4.74 Å². The van der Waals surface area contributed by atoms with Crippen molar-refractivity contribution >= 4 is 5.84 Å². The standard InChI is InChI=1S/C7H13F3N2O/c1-3-5(6(11)12)13-4(2)7(8,9)10/h4-5H,3H2,1-2H3,(H3,11,12). The highest BCUT2D eigenvalue weighted by molar-refractivity contribution is 5.81. The topological polar surface area (TPSA) is 59.1 Å². The maximum Gasteiger partial charge on any atom is 0.414 e. The van der Waals surface area contributed by atoms with Crippen molar-refractivity contribution in [2.45, 2.75) is 38.7 Å². The summed E-state index contributed by atoms with van der Waals surface area (Å²) in [5.41, 5.74) is 5.03. The average Bonchev–Trinajstić information content (AvgIpc) is 1.96. The molecule has 0 radical (unpaired) electrons. The largest absolute Gasteiger partial charge is 0.414 e. The van der Waals surface area contributed by atoms with Crippen molar-refractivity contribution in [2.75, 3.05) is 0 Å². The number of amidine groups is 1. The van der Waals surface area contributed by atoms with Crippen LogP contribution in [-0.4, -0.2) is 24.2 Å². The fourth-order valence-corrected chi connectivity index (χ4v) is 0.713. The van der Waals surface area contributed by atoms with Crippen molar-refractivity contribution in [1.29, 1.82) is 5.41 Å². The lowest BCUT2D eigenvalue weighted by atomic mass is 10.2. The van der Waals surface area contributed by atoms with E-state index in [1.165, 1.54) is 0 Å². The number of nitrogens with two attached hydrogens (primary N) is 1. The van der Waals surface area contributed by atoms with Crippen molar-refractivity contribution in [3.05, 3.63) is 0 Å². The second-order valence-electron chi connectivity index (χ2n) is 2.67. The number of nitrogens with one attached hydrogen (secondary N) is 1. The Morgan fingerprint density at radius 1 is 1.54 bits per heavy atom. The normalized spacial score (nSPS) is 16.7. The fourth-order valence-electron chi connectivity index (χ4n) is 0.713. The van der Waals surface area contributed by atoms with Gasteiger partial charge >= 0.3 is 6.18 Å². The minimum atomic E-state index is -4.40. The number of rotatable bonds is 4. The Hall–Kier alpha value is -0.780. The molecular weight excluding hydrogens is 185 g/mol. The average molecular weight is 198 g/mol. The summed E-state index contributed by atoms with van der Waals surface area (Å²) >= 11 is 0. The van der Waals surface area contributed by atoms with Gasteiger partial charge in [0.05, 0.1) is 0 Å². The molecule has 0 saturated carbocycles. The quantitative estimate of drug-likeness (QED) is 0.533. The highest BCUT2D eigenvalue weighted by Crippen LogP contribution is 2.23. The highest BCUT2D eigenvalue weighted by atomic mass is 19.4. The molecule has 0 aromatic heterocycles. The van der Waals surface area contributed by atoms with E-state index in [0.29, 0.717) is 0 Å². The zero-order valence-electron chi connectivity index (χ0n) is 7.48. The van der Waals surface area contributed by atoms with Crippen LogP contribution in [0.1, 0.15) is 20.3 Å². The first-order valence-corrected chi connectivity index (χ1v) is 3.85. The van der Waals surface area contributed by atoms with E-state index < -0.39 is 18.4 Å². The first kappa shape index (κ1) is 12.2. The van der Waals surface area contributed by atoms with Gasteiger partial charge in [-0.05, 0) is 13.3 Å². The Kier molecular flexibility index (Phi) is 4.19. The molecule has 2 unspecified atom stereocenters. The summed E-state index contributed by atoms with van der Waals surface area (Å²) < 4.78 is 40.5. The van der Waals surface area contributed by atoms with Crippen molar-refractivity contribution in [3.8, 4) is 0 Å². The molecule has 0 aliphatic rings. The molecule has 0 bridgehead atoms. The molecule has 0 heterocycles. The Morgan fingerprint density at radius 3 is 2.23 bits per heavy atom. The molecule has 3 nitrogen and oxygen atoms in total. The van der Waals surface area contributed by atoms with Crippen LogP contribution < -0.4 is 5.73 Å². The lowest BCUT2D eigenvalue weighted by molar-refractivity contribution is -0.220. The summed E-state index contributed by atoms with van der Waals surface area (Å²) in [5, 5.41) is 6.93. The molecule has 78 valence electrons. The summed E-state index contributed by atoms with van der Waals surface area (Å²) in [4.78, 5) is 0. The van der Waals surface area contributed by atoms with Crippen LogP contribution in [0, 0.1) is 5.41 Å². The lowest BCUT2D eigenvalue weighted by Crippen LogP contribution is -2.38. The molecule has 0 amide bonds. The molecule has 6 heteroatoms. The molecule has 0 aliphatic carbocycles. The molecule has 2 atom stereocenters. The fraction of sp³-hybridized carbons (Fsp3) is 0.857. The number of hydrogen-bond acceptors (Lipinski definition) is 2. The van der Waals surface area contributed by atoms with Gasteiger partial charge in [-0.15, -0.1) is 0 Å². The first-order chi connectivity index (χ1) is 5.79. The molecular formula is C7H13F3N2O. The van der Waals surface area contributed by atoms with Gasteiger partial charge in [0.2, 0.25) is 0 Å². The van der Waals surface area contributed by atoms with E-state index in [9.17, 15) is 13.2 Å². The van der Waals surface area contributed by atoms with E-state index in [0.717, 1.165) is 6.92 Å². The lowest BCUT2D eigenvalue weighted by Gasteiger charge is -2.22. The van der Waals surface area contributed by atoms with Crippen molar-refractivity contribution in [1.82, 2.24) is 0 Å². The van der Waals surface area contributed by atoms with Gasteiger partial charge in [0.15, 0.2) is 6.10 Å². The van der Waals surface area contributed by atoms with Crippen LogP contribution in [0.3, 0.4) is 0 Å². The monoisotopic (exact) mass is 198 g/mol. The van der Waals surface area contributed by atoms with Crippen LogP contribution in [0.2, 0.25) is 0 Å². The van der Waals surface area contributed by atoms with E-state index in [1.54, 1.807) is 6.92 Å². The molecule has 0 fully saturated rings. The third kappa shape index (κ3) is 4.12. The maximum atomic E-state index is 12.0. The third-order valence-corrected chi connectivity index (χ3v) is 1.55. The first-order valence-electron chi connectivity index (χ1n) is 3.85. The van der Waals surface area contributed by atoms with Crippen molar-refractivity contribution in [2.24, 2.45) is 5.73 Å². The Bertz CT molecular complexity index is 181. The molecule has 0 saturated heterocycles. The van der Waals surface area contributed by atoms with Crippen LogP contribution in [0.15, 0.2) is 0 Å². The minimum absolute atomic E-state index is 0.260. The summed E-state index contributed by atoms with van der Waals surface area (Å²) in [6.45, 7) is 2.50. The van der Waals surface area contributed by atoms with Crippen LogP contribution in [0.5, 0.6) is 0 Å². The second-order valence-corrected chi connectivity index (χ2v) is 2.67. The summed E-state index contributed by atoms with van der Waals surface area (Å²) in [5.74, 6) is -0.376. The van der Waals surface area contributed by atoms with Gasteiger partial charge in [-0.25, -0.2) is 0 Å². The van der Waals surface area contributed by atoms with E-state index in [1.807, 2.05) is 0 Å². The summed E-state index contributed by atoms with van der Waals surface area (Å²) in [6, 6.07) is 0. The van der Waals surface area contributed by atoms with Crippen LogP contribution in [0.25, 0.3) is 0 Å². The Balaban J connectivity index is 4.17. The van der Waals surface area contributed by atoms with Crippen LogP contribution in [0.4, 0.5) is 13.2 Å². The highest BCUT2D eigenvalue weighted by Gasteiger charge is 2.38. The molecule has 0 aliphatic heterocycles.